The number of aromatic amines is 1. The van der Waals surface area contributed by atoms with E-state index in [0.717, 1.165) is 0 Å². The summed E-state index contributed by atoms with van der Waals surface area (Å²) in [5.74, 6) is -7.55. The van der Waals surface area contributed by atoms with E-state index in [-0.39, 0.29) is 6.29 Å². The van der Waals surface area contributed by atoms with E-state index < -0.39 is 40.1 Å². The lowest BCUT2D eigenvalue weighted by Crippen LogP contribution is -1.97. The Morgan fingerprint density at radius 1 is 1.00 bits per heavy atom. The van der Waals surface area contributed by atoms with Crippen molar-refractivity contribution < 1.29 is 22.4 Å². The summed E-state index contributed by atoms with van der Waals surface area (Å²) in [5.41, 5.74) is -1.41. The summed E-state index contributed by atoms with van der Waals surface area (Å²) in [6.45, 7) is 0. The molecule has 0 bridgehead atoms. The molecule has 0 aliphatic rings. The van der Waals surface area contributed by atoms with Gasteiger partial charge in [-0.05, 0) is 0 Å². The molecule has 0 saturated heterocycles. The van der Waals surface area contributed by atoms with Crippen LogP contribution < -0.4 is 0 Å². The lowest BCUT2D eigenvalue weighted by atomic mass is 10.2. The molecule has 0 aliphatic heterocycles. The van der Waals surface area contributed by atoms with Crippen LogP contribution in [0.4, 0.5) is 17.6 Å². The van der Waals surface area contributed by atoms with Gasteiger partial charge in [0.05, 0.1) is 0 Å². The Morgan fingerprint density at radius 3 is 2.20 bits per heavy atom. The second-order valence-corrected chi connectivity index (χ2v) is 2.72. The molecule has 0 aliphatic carbocycles. The topological polar surface area (TPSA) is 45.8 Å². The van der Waals surface area contributed by atoms with Crippen molar-refractivity contribution in [1.29, 1.82) is 0 Å². The number of H-pyrrole nitrogens is 1. The maximum atomic E-state index is 13.0. The fourth-order valence-electron chi connectivity index (χ4n) is 1.17. The number of hydrogen-bond acceptors (Lipinski definition) is 2. The van der Waals surface area contributed by atoms with Crippen molar-refractivity contribution in [3.8, 4) is 0 Å². The van der Waals surface area contributed by atoms with Crippen LogP contribution in [0.3, 0.4) is 0 Å². The predicted molar refractivity (Wildman–Crippen MR) is 41.3 cm³/mol. The van der Waals surface area contributed by atoms with Crippen molar-refractivity contribution in [1.82, 2.24) is 9.97 Å². The molecule has 0 unspecified atom stereocenters. The Hall–Kier alpha value is -1.92. The van der Waals surface area contributed by atoms with E-state index in [0.29, 0.717) is 0 Å². The van der Waals surface area contributed by atoms with Crippen LogP contribution in [0, 0.1) is 23.3 Å². The lowest BCUT2D eigenvalue weighted by molar-refractivity contribution is 0.111. The van der Waals surface area contributed by atoms with Crippen LogP contribution in [-0.2, 0) is 0 Å². The highest BCUT2D eigenvalue weighted by atomic mass is 19.2. The Morgan fingerprint density at radius 2 is 1.60 bits per heavy atom. The number of fused-ring (bicyclic) bond motifs is 1. The third-order valence-corrected chi connectivity index (χ3v) is 1.84. The Kier molecular flexibility index (Phi) is 1.95. The average molecular weight is 218 g/mol. The summed E-state index contributed by atoms with van der Waals surface area (Å²) in [5, 5.41) is 0. The maximum Gasteiger partial charge on any atom is 0.199 e. The normalized spacial score (nSPS) is 10.9. The van der Waals surface area contributed by atoms with Gasteiger partial charge in [0.25, 0.3) is 0 Å². The number of aromatic nitrogens is 2. The molecule has 0 fully saturated rings. The highest BCUT2D eigenvalue weighted by molar-refractivity contribution is 5.82. The molecular formula is C8H2F4N2O. The number of aldehydes is 1. The number of benzene rings is 1. The number of carbonyl (C=O) groups is 1. The SMILES string of the molecule is O=Cc1nc2c(F)c(F)c(F)c(F)c2[nH]1. The van der Waals surface area contributed by atoms with Crippen LogP contribution in [0.5, 0.6) is 0 Å². The number of carbonyl (C=O) groups excluding carboxylic acids is 1. The average Bonchev–Trinajstić information content (AvgIpc) is 2.67. The third kappa shape index (κ3) is 1.19. The van der Waals surface area contributed by atoms with Crippen LogP contribution in [0.25, 0.3) is 11.0 Å². The number of nitrogens with one attached hydrogen (secondary N) is 1. The van der Waals surface area contributed by atoms with Crippen molar-refractivity contribution in [2.75, 3.05) is 0 Å². The fraction of sp³-hybridized carbons (Fsp3) is 0. The second-order valence-electron chi connectivity index (χ2n) is 2.72. The van der Waals surface area contributed by atoms with Gasteiger partial charge in [-0.1, -0.05) is 0 Å². The molecule has 1 N–H and O–H groups in total. The van der Waals surface area contributed by atoms with Crippen LogP contribution in [0.15, 0.2) is 0 Å². The van der Waals surface area contributed by atoms with Crippen molar-refractivity contribution in [3.05, 3.63) is 29.1 Å². The summed E-state index contributed by atoms with van der Waals surface area (Å²) in [6, 6.07) is 0. The predicted octanol–water partition coefficient (Wildman–Crippen LogP) is 1.93. The molecule has 1 aromatic carbocycles. The van der Waals surface area contributed by atoms with Gasteiger partial charge in [0.1, 0.15) is 11.0 Å². The maximum absolute atomic E-state index is 13.0. The van der Waals surface area contributed by atoms with E-state index in [1.165, 1.54) is 0 Å². The Labute approximate surface area is 79.7 Å². The van der Waals surface area contributed by atoms with E-state index in [2.05, 4.69) is 4.98 Å². The van der Waals surface area contributed by atoms with Gasteiger partial charge in [-0.15, -0.1) is 0 Å². The van der Waals surface area contributed by atoms with Gasteiger partial charge < -0.3 is 4.98 Å². The molecule has 0 saturated carbocycles. The number of halogens is 4. The van der Waals surface area contributed by atoms with Crippen LogP contribution in [-0.4, -0.2) is 16.3 Å². The number of nitrogens with zero attached hydrogens (tertiary/aromatic N) is 1. The van der Waals surface area contributed by atoms with E-state index in [1.807, 2.05) is 4.98 Å². The zero-order valence-corrected chi connectivity index (χ0v) is 6.94. The first-order valence-electron chi connectivity index (χ1n) is 3.73. The smallest absolute Gasteiger partial charge is 0.199 e. The molecule has 0 atom stereocenters. The van der Waals surface area contributed by atoms with Gasteiger partial charge in [-0.3, -0.25) is 4.79 Å². The monoisotopic (exact) mass is 218 g/mol. The quantitative estimate of drug-likeness (QED) is 0.344. The van der Waals surface area contributed by atoms with Gasteiger partial charge in [-0.25, -0.2) is 22.5 Å². The highest BCUT2D eigenvalue weighted by Gasteiger charge is 2.23. The zero-order valence-electron chi connectivity index (χ0n) is 6.94. The van der Waals surface area contributed by atoms with Gasteiger partial charge >= 0.3 is 0 Å². The minimum absolute atomic E-state index is 0.175. The molecule has 3 nitrogen and oxygen atoms in total. The van der Waals surface area contributed by atoms with Gasteiger partial charge in [0.15, 0.2) is 35.4 Å². The van der Waals surface area contributed by atoms with E-state index in [4.69, 9.17) is 0 Å². The van der Waals surface area contributed by atoms with Gasteiger partial charge in [0, 0.05) is 0 Å². The minimum Gasteiger partial charge on any atom is -0.333 e. The Bertz CT molecular complexity index is 519. The van der Waals surface area contributed by atoms with Crippen LogP contribution in [0.1, 0.15) is 10.6 Å². The van der Waals surface area contributed by atoms with Crippen LogP contribution >= 0.6 is 0 Å². The summed E-state index contributed by atoms with van der Waals surface area (Å²) in [4.78, 5) is 15.5. The number of hydrogen-bond donors (Lipinski definition) is 1. The molecule has 7 heteroatoms. The fourth-order valence-corrected chi connectivity index (χ4v) is 1.17. The van der Waals surface area contributed by atoms with E-state index >= 15 is 0 Å². The third-order valence-electron chi connectivity index (χ3n) is 1.84. The van der Waals surface area contributed by atoms with Crippen molar-refractivity contribution in [2.24, 2.45) is 0 Å². The number of rotatable bonds is 1. The molecule has 0 radical (unpaired) electrons. The molecule has 1 heterocycles. The summed E-state index contributed by atoms with van der Waals surface area (Å²) in [7, 11) is 0. The molecule has 2 aromatic rings. The van der Waals surface area contributed by atoms with Gasteiger partial charge in [-0.2, -0.15) is 0 Å². The molecular weight excluding hydrogens is 216 g/mol. The molecule has 2 rings (SSSR count). The minimum atomic E-state index is -1.95. The van der Waals surface area contributed by atoms with Crippen molar-refractivity contribution >= 4 is 17.3 Å². The summed E-state index contributed by atoms with van der Waals surface area (Å²) >= 11 is 0. The molecule has 78 valence electrons. The lowest BCUT2D eigenvalue weighted by Gasteiger charge is -1.97. The van der Waals surface area contributed by atoms with Crippen molar-refractivity contribution in [2.45, 2.75) is 0 Å². The number of imidazole rings is 1. The molecule has 0 spiro atoms. The standard InChI is InChI=1S/C8H2F4N2O/c9-3-4(10)6(12)8-7(5(3)11)13-2(1-15)14-8/h1H,(H,13,14). The highest BCUT2D eigenvalue weighted by Crippen LogP contribution is 2.24. The van der Waals surface area contributed by atoms with Gasteiger partial charge in [0.2, 0.25) is 0 Å². The zero-order chi connectivity index (χ0) is 11.2. The van der Waals surface area contributed by atoms with Crippen molar-refractivity contribution in [3.63, 3.8) is 0 Å². The molecule has 0 amide bonds. The summed E-state index contributed by atoms with van der Waals surface area (Å²) < 4.78 is 51.4. The first kappa shape index (κ1) is 9.63. The first-order chi connectivity index (χ1) is 7.06. The first-order valence-corrected chi connectivity index (χ1v) is 3.73. The van der Waals surface area contributed by atoms with Crippen LogP contribution in [0.2, 0.25) is 0 Å². The Balaban J connectivity index is 2.96. The van der Waals surface area contributed by atoms with E-state index in [1.54, 1.807) is 0 Å². The summed E-state index contributed by atoms with van der Waals surface area (Å²) in [6.07, 6.45) is 0.175. The van der Waals surface area contributed by atoms with E-state index in [9.17, 15) is 22.4 Å². The largest absolute Gasteiger partial charge is 0.333 e. The molecule has 1 aromatic heterocycles. The molecule has 15 heavy (non-hydrogen) atoms. The second kappa shape index (κ2) is 3.04.